The first-order valence-electron chi connectivity index (χ1n) is 6.17. The predicted octanol–water partition coefficient (Wildman–Crippen LogP) is 1.50. The number of carboxylic acids is 1. The van der Waals surface area contributed by atoms with Crippen LogP contribution in [-0.2, 0) is 19.1 Å². The molecule has 10 heteroatoms. The third-order valence-corrected chi connectivity index (χ3v) is 1.95. The summed E-state index contributed by atoms with van der Waals surface area (Å²) in [7, 11) is 0. The smallest absolute Gasteiger partial charge is 0.511 e. The molecule has 0 aliphatic carbocycles. The fourth-order valence-electron chi connectivity index (χ4n) is 1.10. The van der Waals surface area contributed by atoms with E-state index in [1.54, 1.807) is 34.6 Å². The Kier molecular flexibility index (Phi) is 7.25. The van der Waals surface area contributed by atoms with Crippen LogP contribution in [0.4, 0.5) is 4.79 Å². The second-order valence-corrected chi connectivity index (χ2v) is 5.26. The summed E-state index contributed by atoms with van der Waals surface area (Å²) in [6.07, 6.45) is -1.31. The molecule has 0 spiro atoms. The lowest BCUT2D eigenvalue weighted by atomic mass is 10.1. The second kappa shape index (κ2) is 8.12. The van der Waals surface area contributed by atoms with Crippen LogP contribution in [0.25, 0.3) is 0 Å². The van der Waals surface area contributed by atoms with Crippen molar-refractivity contribution in [3.8, 4) is 0 Å². The molecule has 0 heterocycles. The minimum absolute atomic E-state index is 0.00867. The Balaban J connectivity index is 4.43. The van der Waals surface area contributed by atoms with Crippen molar-refractivity contribution >= 4 is 12.1 Å². The van der Waals surface area contributed by atoms with Crippen molar-refractivity contribution in [2.45, 2.75) is 46.3 Å². The van der Waals surface area contributed by atoms with E-state index in [0.29, 0.717) is 0 Å². The lowest BCUT2D eigenvalue weighted by Crippen LogP contribution is -2.48. The highest BCUT2D eigenvalue weighted by Crippen LogP contribution is 2.13. The highest BCUT2D eigenvalue weighted by atomic mass is 16.8. The summed E-state index contributed by atoms with van der Waals surface area (Å²) in [5, 5.41) is 24.4. The number of hydrogen-bond acceptors (Lipinski definition) is 7. The van der Waals surface area contributed by atoms with E-state index in [1.807, 2.05) is 0 Å². The van der Waals surface area contributed by atoms with E-state index in [4.69, 9.17) is 5.11 Å². The fourth-order valence-corrected chi connectivity index (χ4v) is 1.10. The van der Waals surface area contributed by atoms with Crippen LogP contribution in [0.2, 0.25) is 0 Å². The summed E-state index contributed by atoms with van der Waals surface area (Å²) in [6, 6.07) is 0. The number of carbonyl (C=O) groups excluding carboxylic acids is 1. The quantitative estimate of drug-likeness (QED) is 0.187. The number of carbonyl (C=O) groups is 2. The Morgan fingerprint density at radius 1 is 1.38 bits per heavy atom. The summed E-state index contributed by atoms with van der Waals surface area (Å²) in [6.45, 7) is 6.98. The summed E-state index contributed by atoms with van der Waals surface area (Å²) in [5.41, 5.74) is -0.787. The summed E-state index contributed by atoms with van der Waals surface area (Å²) in [5.74, 6) is -1.20. The lowest BCUT2D eigenvalue weighted by molar-refractivity contribution is -0.724. The minimum Gasteiger partial charge on any atom is -0.569 e. The number of nitrogens with zero attached hydrogens (tertiary/aromatic N) is 3. The standard InChI is InChI=1S/C11H21N3O7/c1-8(2)21-10(17)19-7-20-12-14(18)13(6-9(15)16)11(3,4)5/h8H,6-7H2,1-5H3,(H,15,16)/b14-12-. The molecule has 0 saturated heterocycles. The van der Waals surface area contributed by atoms with Crippen molar-refractivity contribution in [1.82, 2.24) is 5.01 Å². The molecule has 0 rings (SSSR count). The van der Waals surface area contributed by atoms with E-state index in [0.717, 1.165) is 5.01 Å². The van der Waals surface area contributed by atoms with Crippen molar-refractivity contribution in [2.24, 2.45) is 5.28 Å². The predicted molar refractivity (Wildman–Crippen MR) is 68.8 cm³/mol. The van der Waals surface area contributed by atoms with Gasteiger partial charge in [-0.1, -0.05) is 0 Å². The van der Waals surface area contributed by atoms with E-state index >= 15 is 0 Å². The Morgan fingerprint density at radius 3 is 2.38 bits per heavy atom. The number of aliphatic carboxylic acids is 1. The maximum absolute atomic E-state index is 11.7. The number of hydrogen-bond donors (Lipinski definition) is 1. The van der Waals surface area contributed by atoms with Gasteiger partial charge in [0.25, 0.3) is 6.79 Å². The zero-order valence-electron chi connectivity index (χ0n) is 12.7. The molecule has 0 fully saturated rings. The monoisotopic (exact) mass is 307 g/mol. The van der Waals surface area contributed by atoms with Crippen LogP contribution in [0.15, 0.2) is 5.28 Å². The number of rotatable bonds is 7. The van der Waals surface area contributed by atoms with Crippen LogP contribution < -0.4 is 0 Å². The molecule has 21 heavy (non-hydrogen) atoms. The van der Waals surface area contributed by atoms with Gasteiger partial charge in [0.05, 0.1) is 16.6 Å². The summed E-state index contributed by atoms with van der Waals surface area (Å²) < 4.78 is 9.12. The number of hydrazine groups is 1. The molecule has 0 aliphatic rings. The van der Waals surface area contributed by atoms with E-state index in [-0.39, 0.29) is 11.1 Å². The second-order valence-electron chi connectivity index (χ2n) is 5.26. The van der Waals surface area contributed by atoms with Crippen LogP contribution >= 0.6 is 0 Å². The Morgan fingerprint density at radius 2 is 1.95 bits per heavy atom. The van der Waals surface area contributed by atoms with Gasteiger partial charge in [0.2, 0.25) is 5.28 Å². The van der Waals surface area contributed by atoms with Gasteiger partial charge in [-0.25, -0.2) is 4.79 Å². The largest absolute Gasteiger partial charge is 0.569 e. The third-order valence-electron chi connectivity index (χ3n) is 1.95. The highest BCUT2D eigenvalue weighted by molar-refractivity contribution is 5.68. The Hall–Kier alpha value is -2.26. The Labute approximate surface area is 122 Å². The van der Waals surface area contributed by atoms with Crippen LogP contribution in [0.5, 0.6) is 0 Å². The molecule has 0 aromatic heterocycles. The average Bonchev–Trinajstić information content (AvgIpc) is 2.28. The van der Waals surface area contributed by atoms with Crippen LogP contribution in [0, 0.1) is 5.21 Å². The van der Waals surface area contributed by atoms with E-state index in [9.17, 15) is 14.8 Å². The number of carboxylic acid groups (broad SMARTS) is 1. The first-order chi connectivity index (χ1) is 9.54. The van der Waals surface area contributed by atoms with Gasteiger partial charge in [-0.05, 0) is 34.6 Å². The lowest BCUT2D eigenvalue weighted by Gasteiger charge is -2.28. The van der Waals surface area contributed by atoms with Crippen LogP contribution in [0.3, 0.4) is 0 Å². The van der Waals surface area contributed by atoms with Gasteiger partial charge >= 0.3 is 12.1 Å². The molecule has 0 amide bonds. The molecule has 0 unspecified atom stereocenters. The van der Waals surface area contributed by atoms with Gasteiger partial charge in [0, 0.05) is 0 Å². The van der Waals surface area contributed by atoms with Crippen molar-refractivity contribution in [3.05, 3.63) is 5.21 Å². The van der Waals surface area contributed by atoms with Gasteiger partial charge in [-0.2, -0.15) is 0 Å². The van der Waals surface area contributed by atoms with Crippen molar-refractivity contribution in [1.29, 1.82) is 0 Å². The van der Waals surface area contributed by atoms with Crippen molar-refractivity contribution in [2.75, 3.05) is 13.3 Å². The molecule has 0 aliphatic heterocycles. The van der Waals surface area contributed by atoms with Crippen molar-refractivity contribution < 1.29 is 34.0 Å². The van der Waals surface area contributed by atoms with E-state index in [1.165, 1.54) is 0 Å². The number of ether oxygens (including phenoxy) is 2. The molecule has 0 atom stereocenters. The molecule has 10 nitrogen and oxygen atoms in total. The highest BCUT2D eigenvalue weighted by Gasteiger charge is 2.31. The average molecular weight is 307 g/mol. The summed E-state index contributed by atoms with van der Waals surface area (Å²) in [4.78, 5) is 26.2. The molecule has 0 radical (unpaired) electrons. The van der Waals surface area contributed by atoms with Gasteiger partial charge in [0.1, 0.15) is 0 Å². The zero-order chi connectivity index (χ0) is 16.6. The first kappa shape index (κ1) is 18.7. The topological polar surface area (TPSA) is 124 Å². The van der Waals surface area contributed by atoms with Gasteiger partial charge in [-0.3, -0.25) is 4.79 Å². The molecular formula is C11H21N3O7. The molecule has 0 saturated carbocycles. The molecule has 0 aromatic carbocycles. The molecular weight excluding hydrogens is 286 g/mol. The first-order valence-corrected chi connectivity index (χ1v) is 6.17. The van der Waals surface area contributed by atoms with Gasteiger partial charge in [-0.15, -0.1) is 5.01 Å². The molecule has 122 valence electrons. The SMILES string of the molecule is CC(C)OC(=O)OCO/N=[N+](\[O-])N(CC(=O)O)C(C)(C)C. The van der Waals surface area contributed by atoms with Gasteiger partial charge < -0.3 is 24.6 Å². The zero-order valence-corrected chi connectivity index (χ0v) is 12.7. The van der Waals surface area contributed by atoms with Crippen LogP contribution in [-0.4, -0.2) is 52.2 Å². The summed E-state index contributed by atoms with van der Waals surface area (Å²) >= 11 is 0. The van der Waals surface area contributed by atoms with Gasteiger partial charge in [0.15, 0.2) is 6.54 Å². The Bertz CT molecular complexity index is 390. The van der Waals surface area contributed by atoms with Crippen LogP contribution in [0.1, 0.15) is 34.6 Å². The fraction of sp³-hybridized carbons (Fsp3) is 0.818. The minimum atomic E-state index is -1.20. The molecule has 1 N–H and O–H groups in total. The molecule has 0 bridgehead atoms. The normalized spacial score (nSPS) is 12.0. The van der Waals surface area contributed by atoms with Crippen molar-refractivity contribution in [3.63, 3.8) is 0 Å². The maximum Gasteiger partial charge on any atom is 0.511 e. The maximum atomic E-state index is 11.7. The third kappa shape index (κ3) is 8.50. The molecule has 0 aromatic rings. The van der Waals surface area contributed by atoms with E-state index < -0.39 is 31.0 Å². The van der Waals surface area contributed by atoms with E-state index in [2.05, 4.69) is 19.6 Å².